The molecule has 2 N–H and O–H groups in total. The Morgan fingerprint density at radius 1 is 1.13 bits per heavy atom. The van der Waals surface area contributed by atoms with Crippen LogP contribution in [-0.4, -0.2) is 55.7 Å². The standard InChI is InChI=1S/C25H33N3O2/c1-18-6-5-7-19(12-18)16-27-22-15-24(25(29)26-10-11-30-2)28(17-22)23-13-20-8-3-4-9-21(20)14-23/h3-9,12,22-24,27H,10-11,13-17H2,1-2H3,(H,26,29)/t22-,24+/m1/s1. The number of carbonyl (C=O) groups is 1. The number of rotatable bonds is 8. The molecule has 1 aliphatic heterocycles. The van der Waals surface area contributed by atoms with Gasteiger partial charge in [-0.2, -0.15) is 0 Å². The molecule has 0 unspecified atom stereocenters. The Hall–Kier alpha value is -2.21. The molecule has 2 aromatic carbocycles. The van der Waals surface area contributed by atoms with Crippen LogP contribution in [-0.2, 0) is 28.9 Å². The van der Waals surface area contributed by atoms with E-state index in [2.05, 4.69) is 71.0 Å². The van der Waals surface area contributed by atoms with E-state index in [-0.39, 0.29) is 11.9 Å². The zero-order valence-corrected chi connectivity index (χ0v) is 18.1. The minimum Gasteiger partial charge on any atom is -0.383 e. The number of nitrogens with one attached hydrogen (secondary N) is 2. The first kappa shape index (κ1) is 21.0. The van der Waals surface area contributed by atoms with Crippen molar-refractivity contribution in [3.05, 3.63) is 70.8 Å². The summed E-state index contributed by atoms with van der Waals surface area (Å²) in [6, 6.07) is 17.9. The van der Waals surface area contributed by atoms with Crippen LogP contribution in [0.25, 0.3) is 0 Å². The summed E-state index contributed by atoms with van der Waals surface area (Å²) in [6.45, 7) is 4.98. The SMILES string of the molecule is COCCNC(=O)[C@@H]1C[C@@H](NCc2cccc(C)c2)CN1C1Cc2ccccc2C1. The lowest BCUT2D eigenvalue weighted by molar-refractivity contribution is -0.126. The van der Waals surface area contributed by atoms with Gasteiger partial charge in [0.15, 0.2) is 0 Å². The van der Waals surface area contributed by atoms with Gasteiger partial charge >= 0.3 is 0 Å². The van der Waals surface area contributed by atoms with E-state index in [1.807, 2.05) is 0 Å². The highest BCUT2D eigenvalue weighted by atomic mass is 16.5. The van der Waals surface area contributed by atoms with Crippen LogP contribution in [0.2, 0.25) is 0 Å². The molecule has 160 valence electrons. The Morgan fingerprint density at radius 2 is 1.90 bits per heavy atom. The number of aryl methyl sites for hydroxylation is 1. The van der Waals surface area contributed by atoms with Crippen molar-refractivity contribution in [1.29, 1.82) is 0 Å². The normalized spacial score (nSPS) is 21.7. The van der Waals surface area contributed by atoms with Gasteiger partial charge in [0, 0.05) is 38.8 Å². The number of benzene rings is 2. The van der Waals surface area contributed by atoms with E-state index in [4.69, 9.17) is 4.74 Å². The quantitative estimate of drug-likeness (QED) is 0.660. The molecule has 0 radical (unpaired) electrons. The number of hydrogen-bond acceptors (Lipinski definition) is 4. The average Bonchev–Trinajstić information content (AvgIpc) is 3.36. The van der Waals surface area contributed by atoms with E-state index >= 15 is 0 Å². The molecule has 1 amide bonds. The highest BCUT2D eigenvalue weighted by molar-refractivity contribution is 5.82. The second kappa shape index (κ2) is 9.73. The van der Waals surface area contributed by atoms with Crippen molar-refractivity contribution in [1.82, 2.24) is 15.5 Å². The van der Waals surface area contributed by atoms with Gasteiger partial charge in [0.25, 0.3) is 0 Å². The first-order valence-electron chi connectivity index (χ1n) is 11.0. The summed E-state index contributed by atoms with van der Waals surface area (Å²) in [4.78, 5) is 15.4. The molecule has 0 saturated carbocycles. The van der Waals surface area contributed by atoms with Crippen molar-refractivity contribution in [3.8, 4) is 0 Å². The van der Waals surface area contributed by atoms with Crippen LogP contribution in [0.5, 0.6) is 0 Å². The molecule has 30 heavy (non-hydrogen) atoms. The number of fused-ring (bicyclic) bond motifs is 1. The summed E-state index contributed by atoms with van der Waals surface area (Å²) in [5, 5.41) is 6.77. The van der Waals surface area contributed by atoms with Gasteiger partial charge in [-0.15, -0.1) is 0 Å². The molecule has 2 aliphatic rings. The lowest BCUT2D eigenvalue weighted by Gasteiger charge is -2.29. The topological polar surface area (TPSA) is 53.6 Å². The second-order valence-corrected chi connectivity index (χ2v) is 8.63. The largest absolute Gasteiger partial charge is 0.383 e. The monoisotopic (exact) mass is 407 g/mol. The summed E-state index contributed by atoms with van der Waals surface area (Å²) in [6.07, 6.45) is 2.91. The third-order valence-corrected chi connectivity index (χ3v) is 6.42. The first-order chi connectivity index (χ1) is 14.6. The molecule has 2 atom stereocenters. The minimum atomic E-state index is -0.0869. The van der Waals surface area contributed by atoms with Gasteiger partial charge in [-0.25, -0.2) is 0 Å². The Labute approximate surface area is 179 Å². The fourth-order valence-electron chi connectivity index (χ4n) is 4.92. The Bertz CT molecular complexity index is 844. The van der Waals surface area contributed by atoms with E-state index in [0.717, 1.165) is 32.4 Å². The van der Waals surface area contributed by atoms with Crippen molar-refractivity contribution < 1.29 is 9.53 Å². The van der Waals surface area contributed by atoms with Crippen molar-refractivity contribution in [2.24, 2.45) is 0 Å². The number of ether oxygens (including phenoxy) is 1. The maximum Gasteiger partial charge on any atom is 0.237 e. The van der Waals surface area contributed by atoms with Gasteiger partial charge < -0.3 is 15.4 Å². The van der Waals surface area contributed by atoms with Crippen LogP contribution in [0, 0.1) is 6.92 Å². The summed E-state index contributed by atoms with van der Waals surface area (Å²) >= 11 is 0. The second-order valence-electron chi connectivity index (χ2n) is 8.63. The third kappa shape index (κ3) is 4.91. The number of carbonyl (C=O) groups excluding carboxylic acids is 1. The summed E-state index contributed by atoms with van der Waals surface area (Å²) in [5.74, 6) is 0.128. The molecule has 1 aliphatic carbocycles. The van der Waals surface area contributed by atoms with Crippen molar-refractivity contribution in [3.63, 3.8) is 0 Å². The molecule has 5 nitrogen and oxygen atoms in total. The van der Waals surface area contributed by atoms with Crippen molar-refractivity contribution in [2.75, 3.05) is 26.8 Å². The molecule has 2 aromatic rings. The fraction of sp³-hybridized carbons (Fsp3) is 0.480. The van der Waals surface area contributed by atoms with E-state index < -0.39 is 0 Å². The molecule has 1 heterocycles. The predicted octanol–water partition coefficient (Wildman–Crippen LogP) is 2.46. The van der Waals surface area contributed by atoms with E-state index in [9.17, 15) is 4.79 Å². The fourth-order valence-corrected chi connectivity index (χ4v) is 4.92. The average molecular weight is 408 g/mol. The maximum absolute atomic E-state index is 13.0. The van der Waals surface area contributed by atoms with Gasteiger partial charge in [-0.1, -0.05) is 54.1 Å². The van der Waals surface area contributed by atoms with Crippen molar-refractivity contribution in [2.45, 2.75) is 50.9 Å². The van der Waals surface area contributed by atoms with Crippen molar-refractivity contribution >= 4 is 5.91 Å². The lowest BCUT2D eigenvalue weighted by Crippen LogP contribution is -2.48. The maximum atomic E-state index is 13.0. The molecule has 0 spiro atoms. The number of amides is 1. The predicted molar refractivity (Wildman–Crippen MR) is 119 cm³/mol. The van der Waals surface area contributed by atoms with Gasteiger partial charge in [0.05, 0.1) is 12.6 Å². The summed E-state index contributed by atoms with van der Waals surface area (Å²) in [7, 11) is 1.66. The van der Waals surface area contributed by atoms with Crippen LogP contribution in [0.15, 0.2) is 48.5 Å². The van der Waals surface area contributed by atoms with E-state index in [1.54, 1.807) is 7.11 Å². The number of hydrogen-bond donors (Lipinski definition) is 2. The smallest absolute Gasteiger partial charge is 0.237 e. The molecule has 0 aromatic heterocycles. The molecular formula is C25H33N3O2. The summed E-state index contributed by atoms with van der Waals surface area (Å²) in [5.41, 5.74) is 5.43. The lowest BCUT2D eigenvalue weighted by atomic mass is 10.1. The van der Waals surface area contributed by atoms with E-state index in [1.165, 1.54) is 22.3 Å². The number of methoxy groups -OCH3 is 1. The molecular weight excluding hydrogens is 374 g/mol. The van der Waals surface area contributed by atoms with Crippen LogP contribution in [0.1, 0.15) is 28.7 Å². The Balaban J connectivity index is 1.42. The minimum absolute atomic E-state index is 0.0869. The van der Waals surface area contributed by atoms with Gasteiger partial charge in [0.1, 0.15) is 0 Å². The van der Waals surface area contributed by atoms with E-state index in [0.29, 0.717) is 25.2 Å². The number of nitrogens with zero attached hydrogens (tertiary/aromatic N) is 1. The Morgan fingerprint density at radius 3 is 2.60 bits per heavy atom. The first-order valence-corrected chi connectivity index (χ1v) is 11.0. The van der Waals surface area contributed by atoms with Gasteiger partial charge in [-0.3, -0.25) is 9.69 Å². The molecule has 0 bridgehead atoms. The zero-order valence-electron chi connectivity index (χ0n) is 18.1. The molecule has 4 rings (SSSR count). The summed E-state index contributed by atoms with van der Waals surface area (Å²) < 4.78 is 5.10. The van der Waals surface area contributed by atoms with Gasteiger partial charge in [-0.05, 0) is 42.9 Å². The van der Waals surface area contributed by atoms with Crippen LogP contribution < -0.4 is 10.6 Å². The van der Waals surface area contributed by atoms with Crippen LogP contribution in [0.3, 0.4) is 0 Å². The zero-order chi connectivity index (χ0) is 20.9. The van der Waals surface area contributed by atoms with Gasteiger partial charge in [0.2, 0.25) is 5.91 Å². The molecule has 5 heteroatoms. The third-order valence-electron chi connectivity index (χ3n) is 6.42. The highest BCUT2D eigenvalue weighted by Gasteiger charge is 2.41. The Kier molecular flexibility index (Phi) is 6.82. The molecule has 1 fully saturated rings. The molecule has 1 saturated heterocycles. The van der Waals surface area contributed by atoms with Crippen LogP contribution >= 0.6 is 0 Å². The highest BCUT2D eigenvalue weighted by Crippen LogP contribution is 2.31. The van der Waals surface area contributed by atoms with Crippen LogP contribution in [0.4, 0.5) is 0 Å². The number of likely N-dealkylation sites (tertiary alicyclic amines) is 1.